The fourth-order valence-electron chi connectivity index (χ4n) is 2.83. The van der Waals surface area contributed by atoms with E-state index in [1.807, 2.05) is 55.5 Å². The van der Waals surface area contributed by atoms with E-state index in [4.69, 9.17) is 0 Å². The molecule has 3 aromatic rings. The fraction of sp³-hybridized carbons (Fsp3) is 0.250. The van der Waals surface area contributed by atoms with Crippen LogP contribution in [0.3, 0.4) is 0 Å². The first-order valence-corrected chi connectivity index (χ1v) is 8.17. The topological polar surface area (TPSA) is 56.3 Å². The van der Waals surface area contributed by atoms with Gasteiger partial charge < -0.3 is 10.1 Å². The second-order valence-electron chi connectivity index (χ2n) is 6.13. The van der Waals surface area contributed by atoms with Crippen molar-refractivity contribution in [3.63, 3.8) is 0 Å². The van der Waals surface area contributed by atoms with Gasteiger partial charge in [-0.1, -0.05) is 48.5 Å². The van der Waals surface area contributed by atoms with Crippen molar-refractivity contribution >= 4 is 10.9 Å². The summed E-state index contributed by atoms with van der Waals surface area (Å²) in [5.41, 5.74) is 2.65. The Morgan fingerprint density at radius 1 is 1.04 bits per heavy atom. The van der Waals surface area contributed by atoms with Crippen LogP contribution in [0.2, 0.25) is 0 Å². The van der Waals surface area contributed by atoms with Crippen molar-refractivity contribution in [2.45, 2.75) is 26.1 Å². The number of aromatic nitrogens is 1. The van der Waals surface area contributed by atoms with Gasteiger partial charge in [-0.2, -0.15) is 0 Å². The first-order chi connectivity index (χ1) is 11.7. The van der Waals surface area contributed by atoms with E-state index < -0.39 is 0 Å². The number of rotatable bonds is 6. The van der Waals surface area contributed by atoms with Gasteiger partial charge in [0, 0.05) is 30.2 Å². The van der Waals surface area contributed by atoms with Crippen LogP contribution >= 0.6 is 0 Å². The third kappa shape index (κ3) is 3.72. The molecule has 0 spiro atoms. The van der Waals surface area contributed by atoms with Crippen LogP contribution in [0.4, 0.5) is 0 Å². The smallest absolute Gasteiger partial charge is 0.252 e. The molecule has 0 fully saturated rings. The number of nitrogens with zero attached hydrogens (tertiary/aromatic N) is 1. The van der Waals surface area contributed by atoms with Crippen molar-refractivity contribution < 1.29 is 5.11 Å². The van der Waals surface area contributed by atoms with Crippen molar-refractivity contribution in [1.82, 2.24) is 9.88 Å². The molecule has 0 aliphatic carbocycles. The second kappa shape index (κ2) is 7.43. The molecule has 1 aromatic heterocycles. The molecule has 124 valence electrons. The number of H-pyrrole nitrogens is 1. The van der Waals surface area contributed by atoms with Gasteiger partial charge in [-0.3, -0.25) is 9.69 Å². The van der Waals surface area contributed by atoms with Crippen molar-refractivity contribution in [2.75, 3.05) is 6.61 Å². The molecule has 0 unspecified atom stereocenters. The van der Waals surface area contributed by atoms with E-state index in [0.717, 1.165) is 16.5 Å². The molecule has 0 aliphatic rings. The number of fused-ring (bicyclic) bond motifs is 1. The van der Waals surface area contributed by atoms with Crippen LogP contribution in [-0.4, -0.2) is 27.6 Å². The van der Waals surface area contributed by atoms with Gasteiger partial charge in [-0.05, 0) is 30.0 Å². The van der Waals surface area contributed by atoms with Crippen LogP contribution in [-0.2, 0) is 13.1 Å². The zero-order valence-corrected chi connectivity index (χ0v) is 13.8. The van der Waals surface area contributed by atoms with Crippen molar-refractivity contribution in [1.29, 1.82) is 0 Å². The van der Waals surface area contributed by atoms with Crippen LogP contribution in [0.5, 0.6) is 0 Å². The molecule has 4 nitrogen and oxygen atoms in total. The monoisotopic (exact) mass is 322 g/mol. The van der Waals surface area contributed by atoms with Crippen molar-refractivity contribution in [3.05, 3.63) is 82.1 Å². The maximum absolute atomic E-state index is 12.4. The minimum absolute atomic E-state index is 0.0314. The SMILES string of the molecule is C[C@H](CO)N(Cc1ccccc1)Cc1cc2ccccc2[nH]c1=O. The molecule has 0 aliphatic heterocycles. The van der Waals surface area contributed by atoms with Crippen LogP contribution in [0.1, 0.15) is 18.1 Å². The predicted octanol–water partition coefficient (Wildman–Crippen LogP) is 2.91. The second-order valence-corrected chi connectivity index (χ2v) is 6.13. The summed E-state index contributed by atoms with van der Waals surface area (Å²) in [6, 6.07) is 19.8. The number of nitrogens with one attached hydrogen (secondary N) is 1. The van der Waals surface area contributed by atoms with Gasteiger partial charge >= 0.3 is 0 Å². The molecule has 24 heavy (non-hydrogen) atoms. The van der Waals surface area contributed by atoms with Gasteiger partial charge in [0.1, 0.15) is 0 Å². The standard InChI is InChI=1S/C20H22N2O2/c1-15(14-23)22(12-16-7-3-2-4-8-16)13-18-11-17-9-5-6-10-19(17)21-20(18)24/h2-11,15,23H,12-14H2,1H3,(H,21,24)/t15-/m1/s1. The Morgan fingerprint density at radius 2 is 1.75 bits per heavy atom. The summed E-state index contributed by atoms with van der Waals surface area (Å²) in [6.45, 7) is 3.21. The van der Waals surface area contributed by atoms with E-state index in [1.165, 1.54) is 0 Å². The van der Waals surface area contributed by atoms with E-state index in [-0.39, 0.29) is 18.2 Å². The molecule has 0 saturated heterocycles. The predicted molar refractivity (Wildman–Crippen MR) is 96.8 cm³/mol. The molecule has 1 atom stereocenters. The number of hydrogen-bond acceptors (Lipinski definition) is 3. The zero-order valence-electron chi connectivity index (χ0n) is 13.8. The molecular weight excluding hydrogens is 300 g/mol. The summed E-state index contributed by atoms with van der Waals surface area (Å²) < 4.78 is 0. The summed E-state index contributed by atoms with van der Waals surface area (Å²) in [6.07, 6.45) is 0. The molecule has 2 aromatic carbocycles. The van der Waals surface area contributed by atoms with E-state index in [9.17, 15) is 9.90 Å². The maximum Gasteiger partial charge on any atom is 0.252 e. The number of hydrogen-bond donors (Lipinski definition) is 2. The Balaban J connectivity index is 1.89. The van der Waals surface area contributed by atoms with Gasteiger partial charge in [-0.25, -0.2) is 0 Å². The summed E-state index contributed by atoms with van der Waals surface area (Å²) in [7, 11) is 0. The lowest BCUT2D eigenvalue weighted by Crippen LogP contribution is -2.36. The average molecular weight is 322 g/mol. The quantitative estimate of drug-likeness (QED) is 0.734. The van der Waals surface area contributed by atoms with Crippen molar-refractivity contribution in [3.8, 4) is 0 Å². The molecule has 4 heteroatoms. The normalized spacial score (nSPS) is 12.6. The molecular formula is C20H22N2O2. The molecule has 0 amide bonds. The highest BCUT2D eigenvalue weighted by molar-refractivity contribution is 5.78. The minimum Gasteiger partial charge on any atom is -0.395 e. The number of aliphatic hydroxyl groups excluding tert-OH is 1. The number of para-hydroxylation sites is 1. The van der Waals surface area contributed by atoms with E-state index in [1.54, 1.807) is 0 Å². The average Bonchev–Trinajstić information content (AvgIpc) is 2.62. The fourth-order valence-corrected chi connectivity index (χ4v) is 2.83. The van der Waals surface area contributed by atoms with Gasteiger partial charge in [-0.15, -0.1) is 0 Å². The van der Waals surface area contributed by atoms with Crippen LogP contribution in [0.25, 0.3) is 10.9 Å². The molecule has 0 saturated carbocycles. The molecule has 1 heterocycles. The zero-order chi connectivity index (χ0) is 16.9. The van der Waals surface area contributed by atoms with Crippen LogP contribution < -0.4 is 5.56 Å². The number of pyridine rings is 1. The Kier molecular flexibility index (Phi) is 5.08. The summed E-state index contributed by atoms with van der Waals surface area (Å²) in [5.74, 6) is 0. The lowest BCUT2D eigenvalue weighted by Gasteiger charge is -2.27. The van der Waals surface area contributed by atoms with E-state index >= 15 is 0 Å². The highest BCUT2D eigenvalue weighted by Crippen LogP contribution is 2.15. The maximum atomic E-state index is 12.4. The van der Waals surface area contributed by atoms with Gasteiger partial charge in [0.25, 0.3) is 5.56 Å². The minimum atomic E-state index is -0.0723. The first kappa shape index (κ1) is 16.4. The number of aliphatic hydroxyl groups is 1. The van der Waals surface area contributed by atoms with Gasteiger partial charge in [0.2, 0.25) is 0 Å². The lowest BCUT2D eigenvalue weighted by molar-refractivity contribution is 0.121. The van der Waals surface area contributed by atoms with E-state index in [2.05, 4.69) is 22.0 Å². The van der Waals surface area contributed by atoms with Gasteiger partial charge in [0.05, 0.1) is 6.61 Å². The first-order valence-electron chi connectivity index (χ1n) is 8.17. The Bertz CT molecular complexity index is 858. The molecule has 2 N–H and O–H groups in total. The van der Waals surface area contributed by atoms with Crippen LogP contribution in [0, 0.1) is 0 Å². The summed E-state index contributed by atoms with van der Waals surface area (Å²) in [5, 5.41) is 10.6. The van der Waals surface area contributed by atoms with Crippen molar-refractivity contribution in [2.24, 2.45) is 0 Å². The Morgan fingerprint density at radius 3 is 2.50 bits per heavy atom. The Hall–Kier alpha value is -2.43. The van der Waals surface area contributed by atoms with Gasteiger partial charge in [0.15, 0.2) is 0 Å². The third-order valence-electron chi connectivity index (χ3n) is 4.32. The summed E-state index contributed by atoms with van der Waals surface area (Å²) in [4.78, 5) is 17.4. The molecule has 0 bridgehead atoms. The number of benzene rings is 2. The molecule has 3 rings (SSSR count). The van der Waals surface area contributed by atoms with E-state index in [0.29, 0.717) is 18.7 Å². The van der Waals surface area contributed by atoms with Crippen LogP contribution in [0.15, 0.2) is 65.5 Å². The highest BCUT2D eigenvalue weighted by Gasteiger charge is 2.16. The Labute approximate surface area is 141 Å². The summed E-state index contributed by atoms with van der Waals surface area (Å²) >= 11 is 0. The highest BCUT2D eigenvalue weighted by atomic mass is 16.3. The largest absolute Gasteiger partial charge is 0.395 e. The lowest BCUT2D eigenvalue weighted by atomic mass is 10.1. The third-order valence-corrected chi connectivity index (χ3v) is 4.32. The number of aromatic amines is 1. The molecule has 0 radical (unpaired) electrons.